The molecule has 0 atom stereocenters. The molecule has 2 aromatic rings. The van der Waals surface area contributed by atoms with Crippen LogP contribution >= 0.6 is 0 Å². The molecule has 0 aliphatic rings. The molecular weight excluding hydrogens is 266 g/mol. The molecule has 0 radical (unpaired) electrons. The van der Waals surface area contributed by atoms with Gasteiger partial charge in [-0.3, -0.25) is 0 Å². The van der Waals surface area contributed by atoms with Crippen LogP contribution in [-0.4, -0.2) is 28.6 Å². The van der Waals surface area contributed by atoms with Gasteiger partial charge in [-0.1, -0.05) is 28.9 Å². The Bertz CT molecular complexity index is 675. The van der Waals surface area contributed by atoms with E-state index in [2.05, 4.69) is 26.7 Å². The molecule has 1 heterocycles. The summed E-state index contributed by atoms with van der Waals surface area (Å²) in [5.74, 6) is -0.0672. The average molecular weight is 279 g/mol. The predicted molar refractivity (Wildman–Crippen MR) is 70.0 cm³/mol. The fourth-order valence-electron chi connectivity index (χ4n) is 1.37. The van der Waals surface area contributed by atoms with Crippen LogP contribution in [0.2, 0.25) is 0 Å². The van der Waals surface area contributed by atoms with Crippen molar-refractivity contribution in [2.24, 2.45) is 0 Å². The van der Waals surface area contributed by atoms with Gasteiger partial charge < -0.3 is 0 Å². The Labute approximate surface area is 111 Å². The molecule has 0 aliphatic carbocycles. The van der Waals surface area contributed by atoms with Gasteiger partial charge in [0.15, 0.2) is 0 Å². The van der Waals surface area contributed by atoms with Gasteiger partial charge in [0.2, 0.25) is 0 Å². The first kappa shape index (κ1) is 13.2. The molecule has 7 nitrogen and oxygen atoms in total. The fourth-order valence-corrected chi connectivity index (χ4v) is 2.31. The lowest BCUT2D eigenvalue weighted by Gasteiger charge is -2.04. The normalized spacial score (nSPS) is 11.2. The second kappa shape index (κ2) is 5.19. The molecule has 1 aromatic carbocycles. The summed E-state index contributed by atoms with van der Waals surface area (Å²) in [5.41, 5.74) is 0.981. The van der Waals surface area contributed by atoms with E-state index in [4.69, 9.17) is 0 Å². The summed E-state index contributed by atoms with van der Waals surface area (Å²) in [6, 6.07) is 6.48. The highest BCUT2D eigenvalue weighted by molar-refractivity contribution is 7.92. The maximum Gasteiger partial charge on any atom is 0.277 e. The number of rotatable bonds is 5. The standard InChI is InChI=1S/C11H13N5O2S/c1-3-8-16-13-11(12-15-16)14-19(17,18)10-6-4-9(2)5-7-10/h3-7H,1,8H2,2H3,(H,13,14). The van der Waals surface area contributed by atoms with Crippen LogP contribution in [0, 0.1) is 6.92 Å². The first-order valence-electron chi connectivity index (χ1n) is 5.49. The number of tetrazole rings is 1. The van der Waals surface area contributed by atoms with Gasteiger partial charge >= 0.3 is 0 Å². The van der Waals surface area contributed by atoms with Crippen molar-refractivity contribution >= 4 is 16.0 Å². The molecular formula is C11H13N5O2S. The third kappa shape index (κ3) is 3.16. The Balaban J connectivity index is 2.20. The summed E-state index contributed by atoms with van der Waals surface area (Å²) < 4.78 is 26.3. The third-order valence-electron chi connectivity index (χ3n) is 2.30. The second-order valence-corrected chi connectivity index (χ2v) is 5.56. The molecule has 0 bridgehead atoms. The van der Waals surface area contributed by atoms with E-state index < -0.39 is 10.0 Å². The van der Waals surface area contributed by atoms with Gasteiger partial charge in [-0.15, -0.1) is 11.7 Å². The maximum atomic E-state index is 12.0. The molecule has 19 heavy (non-hydrogen) atoms. The van der Waals surface area contributed by atoms with Crippen molar-refractivity contribution in [3.63, 3.8) is 0 Å². The van der Waals surface area contributed by atoms with Crippen LogP contribution in [0.5, 0.6) is 0 Å². The molecule has 0 saturated carbocycles. The number of aryl methyl sites for hydroxylation is 1. The number of nitrogens with zero attached hydrogens (tertiary/aromatic N) is 4. The lowest BCUT2D eigenvalue weighted by Crippen LogP contribution is -2.14. The molecule has 1 N–H and O–H groups in total. The van der Waals surface area contributed by atoms with Crippen LogP contribution in [-0.2, 0) is 16.6 Å². The van der Waals surface area contributed by atoms with Crippen molar-refractivity contribution in [2.75, 3.05) is 4.72 Å². The van der Waals surface area contributed by atoms with Crippen LogP contribution in [0.1, 0.15) is 5.56 Å². The van der Waals surface area contributed by atoms with Crippen LogP contribution in [0.3, 0.4) is 0 Å². The summed E-state index contributed by atoms with van der Waals surface area (Å²) in [5, 5.41) is 11.1. The van der Waals surface area contributed by atoms with E-state index in [1.165, 1.54) is 16.9 Å². The Morgan fingerprint density at radius 3 is 2.68 bits per heavy atom. The van der Waals surface area contributed by atoms with Crippen LogP contribution in [0.25, 0.3) is 0 Å². The van der Waals surface area contributed by atoms with Gasteiger partial charge in [-0.05, 0) is 24.3 Å². The molecule has 0 spiro atoms. The summed E-state index contributed by atoms with van der Waals surface area (Å²) in [6.45, 7) is 5.77. The Hall–Kier alpha value is -2.22. The van der Waals surface area contributed by atoms with E-state index in [1.807, 2.05) is 6.92 Å². The Morgan fingerprint density at radius 1 is 1.37 bits per heavy atom. The van der Waals surface area contributed by atoms with Gasteiger partial charge in [0.25, 0.3) is 16.0 Å². The molecule has 0 amide bonds. The van der Waals surface area contributed by atoms with Crippen molar-refractivity contribution < 1.29 is 8.42 Å². The van der Waals surface area contributed by atoms with E-state index in [1.54, 1.807) is 18.2 Å². The zero-order valence-electron chi connectivity index (χ0n) is 10.3. The predicted octanol–water partition coefficient (Wildman–Crippen LogP) is 0.968. The fraction of sp³-hybridized carbons (Fsp3) is 0.182. The van der Waals surface area contributed by atoms with Crippen LogP contribution in [0.15, 0.2) is 41.8 Å². The van der Waals surface area contributed by atoms with Crippen molar-refractivity contribution in [1.29, 1.82) is 0 Å². The number of anilines is 1. The second-order valence-electron chi connectivity index (χ2n) is 3.88. The van der Waals surface area contributed by atoms with E-state index in [-0.39, 0.29) is 10.8 Å². The van der Waals surface area contributed by atoms with E-state index >= 15 is 0 Å². The van der Waals surface area contributed by atoms with Gasteiger partial charge in [0.1, 0.15) is 0 Å². The zero-order chi connectivity index (χ0) is 13.9. The molecule has 1 aromatic heterocycles. The Morgan fingerprint density at radius 2 is 2.05 bits per heavy atom. The number of sulfonamides is 1. The highest BCUT2D eigenvalue weighted by Gasteiger charge is 2.16. The van der Waals surface area contributed by atoms with Crippen LogP contribution < -0.4 is 4.72 Å². The summed E-state index contributed by atoms with van der Waals surface area (Å²) >= 11 is 0. The minimum Gasteiger partial charge on any atom is -0.245 e. The van der Waals surface area contributed by atoms with Gasteiger partial charge in [-0.25, -0.2) is 13.1 Å². The first-order valence-corrected chi connectivity index (χ1v) is 6.98. The molecule has 2 rings (SSSR count). The number of aromatic nitrogens is 4. The SMILES string of the molecule is C=CCn1nnc(NS(=O)(=O)c2ccc(C)cc2)n1. The number of nitrogens with one attached hydrogen (secondary N) is 1. The smallest absolute Gasteiger partial charge is 0.245 e. The zero-order valence-corrected chi connectivity index (χ0v) is 11.1. The van der Waals surface area contributed by atoms with Gasteiger partial charge in [-0.2, -0.15) is 4.80 Å². The lowest BCUT2D eigenvalue weighted by molar-refractivity contribution is 0.583. The van der Waals surface area contributed by atoms with Crippen LogP contribution in [0.4, 0.5) is 5.95 Å². The van der Waals surface area contributed by atoms with Crippen molar-refractivity contribution in [3.8, 4) is 0 Å². The summed E-state index contributed by atoms with van der Waals surface area (Å²) in [6.07, 6.45) is 1.58. The highest BCUT2D eigenvalue weighted by atomic mass is 32.2. The van der Waals surface area contributed by atoms with Gasteiger partial charge in [0.05, 0.1) is 11.4 Å². The number of allylic oxidation sites excluding steroid dienone is 1. The minimum absolute atomic E-state index is 0.0672. The Kier molecular flexibility index (Phi) is 3.61. The van der Waals surface area contributed by atoms with Crippen molar-refractivity contribution in [2.45, 2.75) is 18.4 Å². The summed E-state index contributed by atoms with van der Waals surface area (Å²) in [7, 11) is -3.69. The van der Waals surface area contributed by atoms with Crippen molar-refractivity contribution in [1.82, 2.24) is 20.2 Å². The number of hydrogen-bond acceptors (Lipinski definition) is 5. The van der Waals surface area contributed by atoms with Gasteiger partial charge in [0, 0.05) is 0 Å². The average Bonchev–Trinajstić information content (AvgIpc) is 2.77. The number of benzene rings is 1. The molecule has 0 saturated heterocycles. The molecule has 100 valence electrons. The first-order chi connectivity index (χ1) is 9.01. The third-order valence-corrected chi connectivity index (χ3v) is 3.65. The quantitative estimate of drug-likeness (QED) is 0.824. The van der Waals surface area contributed by atoms with E-state index in [9.17, 15) is 8.42 Å². The summed E-state index contributed by atoms with van der Waals surface area (Å²) in [4.78, 5) is 1.39. The molecule has 8 heteroatoms. The monoisotopic (exact) mass is 279 g/mol. The topological polar surface area (TPSA) is 89.8 Å². The lowest BCUT2D eigenvalue weighted by atomic mass is 10.2. The minimum atomic E-state index is -3.69. The molecule has 0 aliphatic heterocycles. The number of hydrogen-bond donors (Lipinski definition) is 1. The largest absolute Gasteiger partial charge is 0.277 e. The molecule has 0 fully saturated rings. The van der Waals surface area contributed by atoms with E-state index in [0.29, 0.717) is 6.54 Å². The van der Waals surface area contributed by atoms with E-state index in [0.717, 1.165) is 5.56 Å². The molecule has 0 unspecified atom stereocenters. The maximum absolute atomic E-state index is 12.0. The highest BCUT2D eigenvalue weighted by Crippen LogP contribution is 2.13. The van der Waals surface area contributed by atoms with Crippen molar-refractivity contribution in [3.05, 3.63) is 42.5 Å².